The molecule has 43 heteroatoms. The summed E-state index contributed by atoms with van der Waals surface area (Å²) in [5.74, 6) is -15.8. The maximum absolute atomic E-state index is 15.6. The molecule has 0 saturated carbocycles. The number of esters is 1. The minimum absolute atomic E-state index is 0.00667. The van der Waals surface area contributed by atoms with Crippen LogP contribution < -0.4 is 53.6 Å². The number of aliphatic imine (C=N–C) groups is 2. The molecule has 0 saturated heterocycles. The molecule has 1 aromatic carbocycles. The van der Waals surface area contributed by atoms with Crippen LogP contribution in [0.3, 0.4) is 0 Å². The number of nitrogens with two attached hydrogens (primary N) is 1. The Bertz CT molecular complexity index is 5580. The van der Waals surface area contributed by atoms with Crippen LogP contribution in [0.2, 0.25) is 0 Å². The number of cyclic esters (lactones) is 1. The average molecular weight is 1840 g/mol. The predicted molar refractivity (Wildman–Crippen MR) is 469 cm³/mol. The fourth-order valence-electron chi connectivity index (χ4n) is 14.2. The number of benzene rings is 1. The number of aliphatic hydroxyl groups is 5. The van der Waals surface area contributed by atoms with Crippen LogP contribution in [0.1, 0.15) is 238 Å². The quantitative estimate of drug-likeness (QED) is 0.0273. The molecule has 0 fully saturated rings. The summed E-state index contributed by atoms with van der Waals surface area (Å²) >= 11 is 4.52. The molecule has 127 heavy (non-hydrogen) atoms. The molecule has 4 aliphatic heterocycles. The van der Waals surface area contributed by atoms with E-state index in [-0.39, 0.29) is 107 Å². The van der Waals surface area contributed by atoms with Crippen molar-refractivity contribution < 1.29 is 97.4 Å². The Morgan fingerprint density at radius 2 is 1.52 bits per heavy atom. The summed E-state index contributed by atoms with van der Waals surface area (Å²) in [6.45, 7) is 22.2. The zero-order valence-electron chi connectivity index (χ0n) is 70.7. The summed E-state index contributed by atoms with van der Waals surface area (Å²) in [4.78, 5) is 225. The van der Waals surface area contributed by atoms with Crippen molar-refractivity contribution in [3.63, 3.8) is 0 Å². The predicted octanol–water partition coefficient (Wildman–Crippen LogP) is 4.58. The number of rotatable bonds is 16. The number of allylic oxidation sites excluding steroid dienone is 2. The summed E-state index contributed by atoms with van der Waals surface area (Å²) in [6.07, 6.45) is -2.35. The number of oxime groups is 1. The van der Waals surface area contributed by atoms with E-state index < -0.39 is 214 Å². The molecule has 38 nitrogen and oxygen atoms in total. The van der Waals surface area contributed by atoms with E-state index in [1.165, 1.54) is 108 Å². The number of aromatic nitrogens is 5. The summed E-state index contributed by atoms with van der Waals surface area (Å²) in [7, 11) is 1.33. The van der Waals surface area contributed by atoms with Crippen LogP contribution >= 0.6 is 57.1 Å². The Hall–Kier alpha value is -11.8. The third-order valence-electron chi connectivity index (χ3n) is 22.1. The van der Waals surface area contributed by atoms with Gasteiger partial charge >= 0.3 is 5.97 Å². The second-order valence-electron chi connectivity index (χ2n) is 31.4. The van der Waals surface area contributed by atoms with E-state index in [4.69, 9.17) is 30.3 Å². The highest BCUT2D eigenvalue weighted by Crippen LogP contribution is 2.49. The van der Waals surface area contributed by atoms with Crippen LogP contribution in [-0.4, -0.2) is 205 Å². The lowest BCUT2D eigenvalue weighted by Crippen LogP contribution is -2.54. The third kappa shape index (κ3) is 21.9. The van der Waals surface area contributed by atoms with E-state index >= 15 is 14.4 Å². The number of amides is 9. The largest absolute Gasteiger partial charge is 0.455 e. The third-order valence-corrected chi connectivity index (χ3v) is 27.0. The number of carbonyl (C=O) groups excluding carboxylic acids is 13. The first-order valence-electron chi connectivity index (χ1n) is 40.2. The van der Waals surface area contributed by atoms with Crippen molar-refractivity contribution in [2.45, 2.75) is 192 Å². The van der Waals surface area contributed by atoms with Crippen LogP contribution in [0.15, 0.2) is 121 Å². The van der Waals surface area contributed by atoms with Gasteiger partial charge in [-0.2, -0.15) is 0 Å². The highest BCUT2D eigenvalue weighted by molar-refractivity contribution is 8.14. The number of Topliss-reactive ketones (excluding diaryl/α,β-unsaturated/α-hetero) is 3. The van der Waals surface area contributed by atoms with Crippen molar-refractivity contribution in [3.8, 4) is 0 Å². The van der Waals surface area contributed by atoms with Gasteiger partial charge in [-0.1, -0.05) is 82.8 Å². The van der Waals surface area contributed by atoms with Crippen molar-refractivity contribution in [2.75, 3.05) is 12.9 Å². The number of nitrogens with zero attached hydrogens (tertiary/aromatic N) is 8. The van der Waals surface area contributed by atoms with E-state index in [0.29, 0.717) is 12.0 Å². The number of fused-ring (bicyclic) bond motifs is 7. The molecule has 6 aromatic rings. The molecule has 9 heterocycles. The smallest absolute Gasteiger partial charge is 0.357 e. The topological polar surface area (TPSA) is 577 Å². The van der Waals surface area contributed by atoms with Gasteiger partial charge < -0.3 is 83.4 Å². The van der Waals surface area contributed by atoms with Gasteiger partial charge in [0.05, 0.1) is 81.4 Å². The number of ether oxygens (including phenoxy) is 1. The van der Waals surface area contributed by atoms with Gasteiger partial charge in [0, 0.05) is 81.6 Å². The SMILES string of the molecule is C=C1NC(=O)C(C)CC(=O)C(C(C)CC)NC2C=Cc3c(C(C)O)cc(nc3C2O)C(=O)OC(C)C2NC(=O)c3csc(n3)C(C(C)(O)C(C)O)CC(=O)C3CSC(=N3)/C(=C/C)NC(=O)C(C(C)O)NC(=O)c3csc(n3)C3(CCC(c4nc(C(=O)NC(=C)C(=O)NC(=CNC(=O)c5cccc(C=NOC)c5)C(N)=O)cs4)=NC3c3csc2n3)NC(=O)C(C)CC1=O. The number of hydrogen-bond donors (Lipinski definition) is 15. The Balaban J connectivity index is 1.06. The minimum atomic E-state index is -2.11. The second kappa shape index (κ2) is 40.9. The number of hydrogen-bond acceptors (Lipinski definition) is 34. The lowest BCUT2D eigenvalue weighted by atomic mass is 9.80. The van der Waals surface area contributed by atoms with Gasteiger partial charge in [-0.25, -0.2) is 29.7 Å². The first-order valence-corrected chi connectivity index (χ1v) is 44.7. The Kier molecular flexibility index (Phi) is 30.9. The van der Waals surface area contributed by atoms with Gasteiger partial charge in [0.25, 0.3) is 35.4 Å². The van der Waals surface area contributed by atoms with Gasteiger partial charge in [0.15, 0.2) is 17.3 Å². The number of thioether (sulfide) groups is 1. The number of primary amides is 1. The summed E-state index contributed by atoms with van der Waals surface area (Å²) in [5.41, 5.74) is -0.751. The lowest BCUT2D eigenvalue weighted by Gasteiger charge is -2.41. The Morgan fingerprint density at radius 1 is 0.811 bits per heavy atom. The van der Waals surface area contributed by atoms with Crippen molar-refractivity contribution in [1.29, 1.82) is 0 Å². The number of pyridine rings is 1. The molecule has 0 spiro atoms. The van der Waals surface area contributed by atoms with E-state index in [0.717, 1.165) is 63.3 Å². The summed E-state index contributed by atoms with van der Waals surface area (Å²) in [6, 6.07) is -0.716. The van der Waals surface area contributed by atoms with Gasteiger partial charge in [-0.05, 0) is 89.6 Å². The maximum atomic E-state index is 15.6. The van der Waals surface area contributed by atoms with Crippen molar-refractivity contribution in [3.05, 3.63) is 183 Å². The van der Waals surface area contributed by atoms with Crippen LogP contribution in [0.25, 0.3) is 6.08 Å². The molecule has 17 atom stereocenters. The van der Waals surface area contributed by atoms with E-state index in [1.54, 1.807) is 38.1 Å². The van der Waals surface area contributed by atoms with Crippen molar-refractivity contribution in [2.24, 2.45) is 38.6 Å². The zero-order valence-corrected chi connectivity index (χ0v) is 74.7. The number of aliphatic hydroxyl groups excluding tert-OH is 4. The van der Waals surface area contributed by atoms with Crippen LogP contribution in [0.5, 0.6) is 0 Å². The van der Waals surface area contributed by atoms with Gasteiger partial charge in [-0.3, -0.25) is 72.8 Å². The molecule has 9 amide bonds. The Labute approximate surface area is 748 Å². The van der Waals surface area contributed by atoms with Crippen molar-refractivity contribution >= 4 is 157 Å². The molecule has 16 N–H and O–H groups in total. The fraction of sp³-hybridized carbons (Fsp3) is 0.417. The normalized spacial score (nSPS) is 25.7. The molecular formula is C84H96N18O20S5. The molecule has 11 rings (SSSR count). The molecule has 13 bridgehead atoms. The van der Waals surface area contributed by atoms with E-state index in [9.17, 15) is 73.5 Å². The highest BCUT2D eigenvalue weighted by Gasteiger charge is 2.52. The number of thiazole rings is 4. The molecule has 17 unspecified atom stereocenters. The Morgan fingerprint density at radius 3 is 2.21 bits per heavy atom. The minimum Gasteiger partial charge on any atom is -0.455 e. The number of carbonyl (C=O) groups is 13. The monoisotopic (exact) mass is 1840 g/mol. The standard InChI is InChI=1S/C84H96N18O20S5/c1-14-35(3)62-61(108)24-36(4)69(111)88-38(6)59(106)23-37(5)70(112)102-84-22-21-51(79-98-56(33-125-79)73(115)89-39(7)71(113)94-53(68(85)110)29-86-72(114)45-18-16-17-44(25-45)28-87-121-13)92-67(84)55-31-126-80(96-55)64(42(10)122-81(119)52-26-47(40(8)103)46-19-20-50(90-62)66(109)65(46)91-52)101-74(116)57-32-123-77(97-57)48(83(12,120)43(11)105)27-60(107)54-30-124-78(95-54)49(15-2)93-76(118)63(41(9)104)100-75(117)58-34-127-82(84)99-58/h15-20,25-26,28-29,31-37,40-43,48,50,54,62-64,66-67,90,103-105,109,120H,6-7,14,21-24,27,30H2,1-5,8-13H3,(H2,85,110)(H,86,114)(H,88,111)(H,89,115)(H,93,118)(H,94,113)(H,100,117)(H,101,116)(H,102,112)/b49-15-,53-29?,87-28?. The first kappa shape index (κ1) is 95.9. The summed E-state index contributed by atoms with van der Waals surface area (Å²) < 4.78 is 6.31. The molecular weight excluding hydrogens is 1740 g/mol. The molecule has 5 aromatic heterocycles. The highest BCUT2D eigenvalue weighted by atomic mass is 32.2. The summed E-state index contributed by atoms with van der Waals surface area (Å²) in [5, 5.41) is 91.5. The van der Waals surface area contributed by atoms with Gasteiger partial charge in [0.1, 0.15) is 97.6 Å². The van der Waals surface area contributed by atoms with Crippen molar-refractivity contribution in [1.82, 2.24) is 72.8 Å². The van der Waals surface area contributed by atoms with Gasteiger partial charge in [0.2, 0.25) is 17.7 Å². The molecule has 5 aliphatic rings. The van der Waals surface area contributed by atoms with Gasteiger partial charge in [-0.15, -0.1) is 57.1 Å². The maximum Gasteiger partial charge on any atom is 0.357 e. The van der Waals surface area contributed by atoms with Crippen LogP contribution in [-0.2, 0) is 53.5 Å². The average Bonchev–Trinajstić information content (AvgIpc) is 1.19. The first-order chi connectivity index (χ1) is 60.1. The van der Waals surface area contributed by atoms with Crippen LogP contribution in [0, 0.1) is 17.8 Å². The fourth-order valence-corrected chi connectivity index (χ4v) is 19.2. The zero-order chi connectivity index (χ0) is 92.5. The molecule has 672 valence electrons. The van der Waals surface area contributed by atoms with E-state index in [1.807, 2.05) is 6.92 Å². The number of nitrogens with one attached hydrogen (secondary N) is 9. The second-order valence-corrected chi connectivity index (χ2v) is 35.9. The molecule has 1 aliphatic carbocycles. The number of ketones is 3. The van der Waals surface area contributed by atoms with Crippen LogP contribution in [0.4, 0.5) is 0 Å². The lowest BCUT2D eigenvalue weighted by molar-refractivity contribution is -0.131. The van der Waals surface area contributed by atoms with E-state index in [2.05, 4.69) is 86.1 Å². The molecule has 0 radical (unpaired) electrons.